The van der Waals surface area contributed by atoms with Crippen molar-refractivity contribution in [2.24, 2.45) is 0 Å². The van der Waals surface area contributed by atoms with Gasteiger partial charge in [-0.25, -0.2) is 4.79 Å². The Morgan fingerprint density at radius 2 is 2.00 bits per heavy atom. The minimum atomic E-state index is -0.620. The van der Waals surface area contributed by atoms with Crippen LogP contribution in [0.3, 0.4) is 0 Å². The van der Waals surface area contributed by atoms with Gasteiger partial charge in [0.15, 0.2) is 0 Å². The van der Waals surface area contributed by atoms with Crippen LogP contribution >= 0.6 is 27.3 Å². The Balaban J connectivity index is 2.31. The number of ether oxygens (including phenoxy) is 1. The number of halogens is 1. The zero-order valence-electron chi connectivity index (χ0n) is 13.1. The molecular formula is C15H20BrNO3S. The molecule has 21 heavy (non-hydrogen) atoms. The van der Waals surface area contributed by atoms with Gasteiger partial charge in [-0.1, -0.05) is 0 Å². The summed E-state index contributed by atoms with van der Waals surface area (Å²) < 4.78 is 6.34. The average Bonchev–Trinajstić information content (AvgIpc) is 2.75. The Morgan fingerprint density at radius 1 is 1.43 bits per heavy atom. The third kappa shape index (κ3) is 2.88. The van der Waals surface area contributed by atoms with E-state index in [-0.39, 0.29) is 11.9 Å². The molecule has 2 rings (SSSR count). The highest BCUT2D eigenvalue weighted by molar-refractivity contribution is 9.11. The van der Waals surface area contributed by atoms with Crippen LogP contribution in [0.5, 0.6) is 0 Å². The SMILES string of the molecule is CC(C(=O)OC(C)(C)C)N1C(=O)c2cc(Br)sc2C1(C)C. The van der Waals surface area contributed by atoms with Gasteiger partial charge in [-0.15, -0.1) is 11.3 Å². The number of hydrogen-bond acceptors (Lipinski definition) is 4. The molecule has 0 spiro atoms. The van der Waals surface area contributed by atoms with Gasteiger partial charge in [-0.05, 0) is 63.5 Å². The molecule has 0 bridgehead atoms. The molecule has 0 fully saturated rings. The third-order valence-electron chi connectivity index (χ3n) is 3.44. The first-order valence-electron chi connectivity index (χ1n) is 6.81. The summed E-state index contributed by atoms with van der Waals surface area (Å²) in [6.07, 6.45) is 0. The van der Waals surface area contributed by atoms with E-state index in [0.29, 0.717) is 5.56 Å². The summed E-state index contributed by atoms with van der Waals surface area (Å²) in [7, 11) is 0. The zero-order valence-corrected chi connectivity index (χ0v) is 15.5. The fraction of sp³-hybridized carbons (Fsp3) is 0.600. The number of nitrogens with zero attached hydrogens (tertiary/aromatic N) is 1. The molecular weight excluding hydrogens is 354 g/mol. The molecule has 1 amide bonds. The van der Waals surface area contributed by atoms with Gasteiger partial charge in [0.2, 0.25) is 0 Å². The van der Waals surface area contributed by atoms with E-state index in [0.717, 1.165) is 8.66 Å². The number of amides is 1. The van der Waals surface area contributed by atoms with Gasteiger partial charge in [0.25, 0.3) is 5.91 Å². The maximum atomic E-state index is 12.6. The minimum absolute atomic E-state index is 0.115. The number of fused-ring (bicyclic) bond motifs is 1. The van der Waals surface area contributed by atoms with E-state index in [4.69, 9.17) is 4.74 Å². The van der Waals surface area contributed by atoms with E-state index in [1.165, 1.54) is 11.3 Å². The number of carbonyl (C=O) groups excluding carboxylic acids is 2. The van der Waals surface area contributed by atoms with E-state index in [2.05, 4.69) is 15.9 Å². The molecule has 0 aromatic carbocycles. The third-order valence-corrected chi connectivity index (χ3v) is 5.40. The molecule has 2 heterocycles. The van der Waals surface area contributed by atoms with Crippen molar-refractivity contribution in [3.8, 4) is 0 Å². The molecule has 1 aliphatic heterocycles. The van der Waals surface area contributed by atoms with Crippen LogP contribution in [0.1, 0.15) is 56.8 Å². The van der Waals surface area contributed by atoms with Crippen LogP contribution in [0.15, 0.2) is 9.85 Å². The molecule has 1 unspecified atom stereocenters. The molecule has 0 N–H and O–H groups in total. The van der Waals surface area contributed by atoms with Gasteiger partial charge in [-0.3, -0.25) is 4.79 Å². The van der Waals surface area contributed by atoms with Gasteiger partial charge in [0, 0.05) is 4.88 Å². The fourth-order valence-electron chi connectivity index (χ4n) is 2.62. The maximum Gasteiger partial charge on any atom is 0.329 e. The molecule has 0 radical (unpaired) electrons. The molecule has 1 aromatic heterocycles. The van der Waals surface area contributed by atoms with Crippen molar-refractivity contribution in [1.82, 2.24) is 4.90 Å². The highest BCUT2D eigenvalue weighted by atomic mass is 79.9. The summed E-state index contributed by atoms with van der Waals surface area (Å²) >= 11 is 4.95. The van der Waals surface area contributed by atoms with Gasteiger partial charge in [0.05, 0.1) is 14.9 Å². The van der Waals surface area contributed by atoms with Gasteiger partial charge in [0.1, 0.15) is 11.6 Å². The van der Waals surface area contributed by atoms with Crippen LogP contribution in [0, 0.1) is 0 Å². The predicted octanol–water partition coefficient (Wildman–Crippen LogP) is 3.93. The predicted molar refractivity (Wildman–Crippen MR) is 86.5 cm³/mol. The first-order chi connectivity index (χ1) is 9.45. The summed E-state index contributed by atoms with van der Waals surface area (Å²) in [6.45, 7) is 11.1. The van der Waals surface area contributed by atoms with Crippen molar-refractivity contribution in [3.05, 3.63) is 20.3 Å². The lowest BCUT2D eigenvalue weighted by atomic mass is 10.0. The summed E-state index contributed by atoms with van der Waals surface area (Å²) in [5.41, 5.74) is -0.404. The van der Waals surface area contributed by atoms with Crippen molar-refractivity contribution >= 4 is 39.1 Å². The fourth-order valence-corrected chi connectivity index (χ4v) is 4.31. The van der Waals surface area contributed by atoms with Gasteiger partial charge < -0.3 is 9.64 Å². The second kappa shape index (κ2) is 5.09. The van der Waals surface area contributed by atoms with Crippen molar-refractivity contribution in [3.63, 3.8) is 0 Å². The standard InChI is InChI=1S/C15H20BrNO3S/c1-8(13(19)20-14(2,3)4)17-12(18)9-7-10(16)21-11(9)15(17,5)6/h7-8H,1-6H3. The van der Waals surface area contributed by atoms with Crippen LogP contribution in [-0.4, -0.2) is 28.4 Å². The molecule has 6 heteroatoms. The monoisotopic (exact) mass is 373 g/mol. The number of esters is 1. The summed E-state index contributed by atoms with van der Waals surface area (Å²) in [5, 5.41) is 0. The smallest absolute Gasteiger partial charge is 0.329 e. The lowest BCUT2D eigenvalue weighted by Crippen LogP contribution is -2.50. The molecule has 1 aromatic rings. The molecule has 116 valence electrons. The number of thiophene rings is 1. The van der Waals surface area contributed by atoms with Gasteiger partial charge in [-0.2, -0.15) is 0 Å². The Morgan fingerprint density at radius 3 is 2.48 bits per heavy atom. The van der Waals surface area contributed by atoms with Crippen molar-refractivity contribution in [2.45, 2.75) is 58.7 Å². The van der Waals surface area contributed by atoms with Crippen LogP contribution in [0.25, 0.3) is 0 Å². The maximum absolute atomic E-state index is 12.6. The van der Waals surface area contributed by atoms with Crippen LogP contribution in [-0.2, 0) is 15.1 Å². The van der Waals surface area contributed by atoms with E-state index >= 15 is 0 Å². The topological polar surface area (TPSA) is 46.6 Å². The number of rotatable bonds is 2. The van der Waals surface area contributed by atoms with Gasteiger partial charge >= 0.3 is 5.97 Å². The summed E-state index contributed by atoms with van der Waals surface area (Å²) in [4.78, 5) is 27.5. The zero-order chi connectivity index (χ0) is 16.2. The van der Waals surface area contributed by atoms with E-state index in [9.17, 15) is 9.59 Å². The molecule has 0 saturated carbocycles. The van der Waals surface area contributed by atoms with Crippen LogP contribution < -0.4 is 0 Å². The second-order valence-electron chi connectivity index (χ2n) is 6.74. The second-order valence-corrected chi connectivity index (χ2v) is 9.17. The molecule has 0 saturated heterocycles. The van der Waals surface area contributed by atoms with Crippen molar-refractivity contribution in [2.75, 3.05) is 0 Å². The Bertz CT molecular complexity index is 601. The largest absolute Gasteiger partial charge is 0.458 e. The van der Waals surface area contributed by atoms with E-state index in [1.807, 2.05) is 40.7 Å². The van der Waals surface area contributed by atoms with Crippen LogP contribution in [0.4, 0.5) is 0 Å². The quantitative estimate of drug-likeness (QED) is 0.737. The molecule has 4 nitrogen and oxygen atoms in total. The van der Waals surface area contributed by atoms with E-state index in [1.54, 1.807) is 11.8 Å². The lowest BCUT2D eigenvalue weighted by Gasteiger charge is -2.36. The van der Waals surface area contributed by atoms with E-state index < -0.39 is 17.2 Å². The number of hydrogen-bond donors (Lipinski definition) is 0. The molecule has 1 aliphatic rings. The average molecular weight is 374 g/mol. The summed E-state index contributed by atoms with van der Waals surface area (Å²) in [5.74, 6) is -0.492. The Labute approximate surface area is 137 Å². The highest BCUT2D eigenvalue weighted by Gasteiger charge is 2.49. The van der Waals surface area contributed by atoms with Crippen LogP contribution in [0.2, 0.25) is 0 Å². The first-order valence-corrected chi connectivity index (χ1v) is 8.42. The number of carbonyl (C=O) groups is 2. The summed E-state index contributed by atoms with van der Waals surface area (Å²) in [6, 6.07) is 1.21. The molecule has 0 aliphatic carbocycles. The Hall–Kier alpha value is -0.880. The minimum Gasteiger partial charge on any atom is -0.458 e. The highest BCUT2D eigenvalue weighted by Crippen LogP contribution is 2.46. The Kier molecular flexibility index (Phi) is 4.00. The van der Waals surface area contributed by atoms with Crippen molar-refractivity contribution in [1.29, 1.82) is 0 Å². The lowest BCUT2D eigenvalue weighted by molar-refractivity contribution is -0.161. The van der Waals surface area contributed by atoms with Crippen molar-refractivity contribution < 1.29 is 14.3 Å². The first kappa shape index (κ1) is 16.5. The normalized spacial score (nSPS) is 18.6. The molecule has 1 atom stereocenters.